The van der Waals surface area contributed by atoms with Crippen molar-refractivity contribution in [2.24, 2.45) is 0 Å². The van der Waals surface area contributed by atoms with Crippen LogP contribution in [0.15, 0.2) is 30.3 Å². The Morgan fingerprint density at radius 3 is 2.27 bits per heavy atom. The molecule has 0 aliphatic carbocycles. The van der Waals surface area contributed by atoms with Gasteiger partial charge in [0.25, 0.3) is 5.91 Å². The van der Waals surface area contributed by atoms with Gasteiger partial charge in [-0.1, -0.05) is 0 Å². The van der Waals surface area contributed by atoms with E-state index in [-0.39, 0.29) is 11.6 Å². The fourth-order valence-corrected chi connectivity index (χ4v) is 2.56. The van der Waals surface area contributed by atoms with Crippen LogP contribution in [0.1, 0.15) is 26.5 Å². The van der Waals surface area contributed by atoms with E-state index >= 15 is 0 Å². The zero-order valence-corrected chi connectivity index (χ0v) is 13.4. The SMILES string of the molecule is O=C(O)c1cc(C(F)(F)F)nn1-c1ccc(C(=O)N2CCOCC2)cc1. The van der Waals surface area contributed by atoms with E-state index in [1.807, 2.05) is 0 Å². The second-order valence-electron chi connectivity index (χ2n) is 5.58. The number of alkyl halides is 3. The summed E-state index contributed by atoms with van der Waals surface area (Å²) in [6, 6.07) is 6.02. The summed E-state index contributed by atoms with van der Waals surface area (Å²) in [5.41, 5.74) is -1.47. The first-order chi connectivity index (χ1) is 12.3. The summed E-state index contributed by atoms with van der Waals surface area (Å²) in [5, 5.41) is 12.5. The van der Waals surface area contributed by atoms with Crippen LogP contribution in [0.5, 0.6) is 0 Å². The van der Waals surface area contributed by atoms with Gasteiger partial charge in [0.2, 0.25) is 0 Å². The lowest BCUT2D eigenvalue weighted by molar-refractivity contribution is -0.141. The number of morpholine rings is 1. The molecule has 1 N–H and O–H groups in total. The van der Waals surface area contributed by atoms with Crippen LogP contribution in [-0.2, 0) is 10.9 Å². The lowest BCUT2D eigenvalue weighted by atomic mass is 10.1. The molecule has 0 unspecified atom stereocenters. The van der Waals surface area contributed by atoms with E-state index in [0.29, 0.717) is 42.6 Å². The second-order valence-corrected chi connectivity index (χ2v) is 5.58. The highest BCUT2D eigenvalue weighted by molar-refractivity contribution is 5.94. The Kier molecular flexibility index (Phi) is 4.68. The number of carbonyl (C=O) groups excluding carboxylic acids is 1. The number of carboxylic acid groups (broad SMARTS) is 1. The van der Waals surface area contributed by atoms with E-state index in [1.165, 1.54) is 24.3 Å². The van der Waals surface area contributed by atoms with Crippen molar-refractivity contribution in [3.8, 4) is 5.69 Å². The van der Waals surface area contributed by atoms with Gasteiger partial charge < -0.3 is 14.7 Å². The standard InChI is InChI=1S/C16H14F3N3O4/c17-16(18,19)13-9-12(15(24)25)22(20-13)11-3-1-10(2-4-11)14(23)21-5-7-26-8-6-21/h1-4,9H,5-8H2,(H,24,25). The van der Waals surface area contributed by atoms with E-state index in [4.69, 9.17) is 9.84 Å². The first-order valence-corrected chi connectivity index (χ1v) is 7.65. The van der Waals surface area contributed by atoms with E-state index in [2.05, 4.69) is 5.10 Å². The summed E-state index contributed by atoms with van der Waals surface area (Å²) in [4.78, 5) is 25.2. The lowest BCUT2D eigenvalue weighted by Gasteiger charge is -2.26. The average Bonchev–Trinajstić information content (AvgIpc) is 3.08. The Bertz CT molecular complexity index is 824. The van der Waals surface area contributed by atoms with Gasteiger partial charge in [-0.05, 0) is 24.3 Å². The van der Waals surface area contributed by atoms with Crippen molar-refractivity contribution < 1.29 is 32.6 Å². The molecule has 1 aromatic heterocycles. The molecule has 1 amide bonds. The number of nitrogens with zero attached hydrogens (tertiary/aromatic N) is 3. The maximum atomic E-state index is 12.8. The Hall–Kier alpha value is -2.88. The van der Waals surface area contributed by atoms with Gasteiger partial charge in [-0.2, -0.15) is 18.3 Å². The van der Waals surface area contributed by atoms with Crippen molar-refractivity contribution in [2.45, 2.75) is 6.18 Å². The van der Waals surface area contributed by atoms with E-state index < -0.39 is 23.5 Å². The lowest BCUT2D eigenvalue weighted by Crippen LogP contribution is -2.40. The predicted octanol–water partition coefficient (Wildman–Crippen LogP) is 2.06. The van der Waals surface area contributed by atoms with Gasteiger partial charge in [0.15, 0.2) is 11.4 Å². The Morgan fingerprint density at radius 1 is 1.12 bits per heavy atom. The quantitative estimate of drug-likeness (QED) is 0.895. The molecule has 1 aliphatic rings. The van der Waals surface area contributed by atoms with Crippen LogP contribution in [0.3, 0.4) is 0 Å². The van der Waals surface area contributed by atoms with Crippen LogP contribution < -0.4 is 0 Å². The monoisotopic (exact) mass is 369 g/mol. The number of aromatic carboxylic acids is 1. The fraction of sp³-hybridized carbons (Fsp3) is 0.312. The number of hydrogen-bond acceptors (Lipinski definition) is 4. The summed E-state index contributed by atoms with van der Waals surface area (Å²) in [5.74, 6) is -1.77. The van der Waals surface area contributed by atoms with Gasteiger partial charge >= 0.3 is 12.1 Å². The van der Waals surface area contributed by atoms with Gasteiger partial charge in [-0.15, -0.1) is 0 Å². The molecule has 7 nitrogen and oxygen atoms in total. The fourth-order valence-electron chi connectivity index (χ4n) is 2.56. The van der Waals surface area contributed by atoms with Crippen molar-refractivity contribution in [3.63, 3.8) is 0 Å². The molecule has 2 heterocycles. The number of hydrogen-bond donors (Lipinski definition) is 1. The van der Waals surface area contributed by atoms with Gasteiger partial charge in [0, 0.05) is 24.7 Å². The minimum absolute atomic E-state index is 0.108. The first-order valence-electron chi connectivity index (χ1n) is 7.65. The molecule has 0 bridgehead atoms. The average molecular weight is 369 g/mol. The molecular formula is C16H14F3N3O4. The summed E-state index contributed by atoms with van der Waals surface area (Å²) in [6.07, 6.45) is -4.76. The zero-order valence-electron chi connectivity index (χ0n) is 13.4. The smallest absolute Gasteiger partial charge is 0.435 e. The summed E-state index contributed by atoms with van der Waals surface area (Å²) in [7, 11) is 0. The molecule has 10 heteroatoms. The third-order valence-corrected chi connectivity index (χ3v) is 3.88. The summed E-state index contributed by atoms with van der Waals surface area (Å²) >= 11 is 0. The van der Waals surface area contributed by atoms with Gasteiger partial charge in [-0.25, -0.2) is 9.48 Å². The Morgan fingerprint density at radius 2 is 1.73 bits per heavy atom. The predicted molar refractivity (Wildman–Crippen MR) is 82.2 cm³/mol. The second kappa shape index (κ2) is 6.79. The third-order valence-electron chi connectivity index (χ3n) is 3.88. The van der Waals surface area contributed by atoms with Crippen LogP contribution >= 0.6 is 0 Å². The number of ether oxygens (including phenoxy) is 1. The molecule has 3 rings (SSSR count). The van der Waals surface area contributed by atoms with Crippen molar-refractivity contribution in [1.29, 1.82) is 0 Å². The maximum absolute atomic E-state index is 12.8. The number of carbonyl (C=O) groups is 2. The number of benzene rings is 1. The van der Waals surface area contributed by atoms with Crippen molar-refractivity contribution in [2.75, 3.05) is 26.3 Å². The molecule has 1 aromatic carbocycles. The van der Waals surface area contributed by atoms with E-state index in [1.54, 1.807) is 4.90 Å². The van der Waals surface area contributed by atoms with Crippen LogP contribution in [-0.4, -0.2) is 58.0 Å². The maximum Gasteiger partial charge on any atom is 0.435 e. The highest BCUT2D eigenvalue weighted by atomic mass is 19.4. The van der Waals surface area contributed by atoms with Crippen LogP contribution in [0, 0.1) is 0 Å². The number of rotatable bonds is 3. The molecule has 2 aromatic rings. The summed E-state index contributed by atoms with van der Waals surface area (Å²) < 4.78 is 44.3. The van der Waals surface area contributed by atoms with E-state index in [0.717, 1.165) is 0 Å². The molecule has 1 fully saturated rings. The number of aromatic nitrogens is 2. The molecule has 0 spiro atoms. The molecular weight excluding hydrogens is 355 g/mol. The summed E-state index contributed by atoms with van der Waals surface area (Å²) in [6.45, 7) is 1.80. The molecule has 138 valence electrons. The molecule has 1 saturated heterocycles. The highest BCUT2D eigenvalue weighted by Gasteiger charge is 2.36. The molecule has 26 heavy (non-hydrogen) atoms. The van der Waals surface area contributed by atoms with E-state index in [9.17, 15) is 22.8 Å². The number of amides is 1. The highest BCUT2D eigenvalue weighted by Crippen LogP contribution is 2.29. The molecule has 0 radical (unpaired) electrons. The topological polar surface area (TPSA) is 84.7 Å². The number of carboxylic acids is 1. The van der Waals surface area contributed by atoms with Crippen molar-refractivity contribution in [1.82, 2.24) is 14.7 Å². The minimum atomic E-state index is -4.76. The third kappa shape index (κ3) is 3.54. The largest absolute Gasteiger partial charge is 0.477 e. The van der Waals surface area contributed by atoms with Crippen molar-refractivity contribution in [3.05, 3.63) is 47.3 Å². The zero-order chi connectivity index (χ0) is 18.9. The Labute approximate surface area is 145 Å². The molecule has 0 saturated carbocycles. The van der Waals surface area contributed by atoms with Crippen LogP contribution in [0.4, 0.5) is 13.2 Å². The number of halogens is 3. The Balaban J connectivity index is 1.90. The van der Waals surface area contributed by atoms with Crippen LogP contribution in [0.2, 0.25) is 0 Å². The van der Waals surface area contributed by atoms with Crippen molar-refractivity contribution >= 4 is 11.9 Å². The molecule has 1 aliphatic heterocycles. The van der Waals surface area contributed by atoms with Gasteiger partial charge in [0.1, 0.15) is 0 Å². The molecule has 0 atom stereocenters. The van der Waals surface area contributed by atoms with Crippen LogP contribution in [0.25, 0.3) is 5.69 Å². The normalized spacial score (nSPS) is 15.1. The van der Waals surface area contributed by atoms with Gasteiger partial charge in [0.05, 0.1) is 18.9 Å². The minimum Gasteiger partial charge on any atom is -0.477 e. The first kappa shape index (κ1) is 17.9. The van der Waals surface area contributed by atoms with Gasteiger partial charge in [-0.3, -0.25) is 4.79 Å².